The van der Waals surface area contributed by atoms with Gasteiger partial charge in [-0.1, -0.05) is 23.3 Å². The largest absolute Gasteiger partial charge is 0.0772 e. The first-order valence-corrected chi connectivity index (χ1v) is 2.83. The van der Waals surface area contributed by atoms with Crippen LogP contribution in [0.2, 0.25) is 0 Å². The molecule has 0 fully saturated rings. The van der Waals surface area contributed by atoms with Gasteiger partial charge in [0.1, 0.15) is 0 Å². The second kappa shape index (κ2) is 1.00. The predicted molar refractivity (Wildman–Crippen MR) is 30.0 cm³/mol. The predicted octanol–water partition coefficient (Wildman–Crippen LogP) is 2.04. The number of hydrogen-bond acceptors (Lipinski definition) is 0. The van der Waals surface area contributed by atoms with E-state index in [1.54, 1.807) is 11.1 Å². The zero-order valence-corrected chi connectivity index (χ0v) is 4.28. The average molecular weight is 92.1 g/mol. The van der Waals surface area contributed by atoms with Gasteiger partial charge in [0.25, 0.3) is 0 Å². The highest BCUT2D eigenvalue weighted by Crippen LogP contribution is 2.32. The van der Waals surface area contributed by atoms with Gasteiger partial charge < -0.3 is 0 Å². The molecule has 0 saturated heterocycles. The molecule has 0 spiro atoms. The van der Waals surface area contributed by atoms with Crippen molar-refractivity contribution in [3.8, 4) is 0 Å². The summed E-state index contributed by atoms with van der Waals surface area (Å²) in [4.78, 5) is 0. The highest BCUT2D eigenvalue weighted by molar-refractivity contribution is 5.38. The highest BCUT2D eigenvalue weighted by Gasteiger charge is 2.12. The lowest BCUT2D eigenvalue weighted by molar-refractivity contribution is 0.933. The molecule has 0 aliphatic heterocycles. The number of allylic oxidation sites excluding steroid dienone is 4. The van der Waals surface area contributed by atoms with Crippen LogP contribution < -0.4 is 0 Å². The minimum absolute atomic E-state index is 1.26. The van der Waals surface area contributed by atoms with E-state index in [1.807, 2.05) is 0 Å². The van der Waals surface area contributed by atoms with Crippen molar-refractivity contribution < 1.29 is 0 Å². The molecule has 2 rings (SSSR count). The lowest BCUT2D eigenvalue weighted by Gasteiger charge is -1.96. The lowest BCUT2D eigenvalue weighted by atomic mass is 10.1. The summed E-state index contributed by atoms with van der Waals surface area (Å²) in [5, 5.41) is 0. The monoisotopic (exact) mass is 92.1 g/mol. The van der Waals surface area contributed by atoms with E-state index < -0.39 is 0 Å². The van der Waals surface area contributed by atoms with Crippen LogP contribution in [-0.2, 0) is 0 Å². The second-order valence-electron chi connectivity index (χ2n) is 2.29. The minimum Gasteiger partial charge on any atom is -0.0772 e. The summed E-state index contributed by atoms with van der Waals surface area (Å²) < 4.78 is 0. The van der Waals surface area contributed by atoms with Gasteiger partial charge in [-0.2, -0.15) is 0 Å². The van der Waals surface area contributed by atoms with E-state index in [0.29, 0.717) is 0 Å². The number of rotatable bonds is 0. The fourth-order valence-corrected chi connectivity index (χ4v) is 1.30. The fraction of sp³-hybridized carbons (Fsp3) is 0.429. The highest BCUT2D eigenvalue weighted by atomic mass is 14.2. The third-order valence-corrected chi connectivity index (χ3v) is 1.75. The smallest absolute Gasteiger partial charge is 0.0130 e. The average Bonchev–Trinajstić information content (AvgIpc) is 2.22. The molecule has 0 heteroatoms. The maximum Gasteiger partial charge on any atom is -0.0130 e. The van der Waals surface area contributed by atoms with Gasteiger partial charge in [-0.15, -0.1) is 0 Å². The fourth-order valence-electron chi connectivity index (χ4n) is 1.30. The first kappa shape index (κ1) is 3.48. The zero-order chi connectivity index (χ0) is 4.69. The normalized spacial score (nSPS) is 25.1. The topological polar surface area (TPSA) is 0 Å². The molecular formula is C7H8. The SMILES string of the molecule is C1=C2C=C(C1)CC2. The van der Waals surface area contributed by atoms with E-state index in [9.17, 15) is 0 Å². The molecule has 36 valence electrons. The van der Waals surface area contributed by atoms with Gasteiger partial charge in [0.2, 0.25) is 0 Å². The Bertz CT molecular complexity index is 149. The van der Waals surface area contributed by atoms with Gasteiger partial charge in [0.05, 0.1) is 0 Å². The van der Waals surface area contributed by atoms with Crippen molar-refractivity contribution in [2.45, 2.75) is 19.3 Å². The van der Waals surface area contributed by atoms with Gasteiger partial charge in [0, 0.05) is 0 Å². The van der Waals surface area contributed by atoms with E-state index >= 15 is 0 Å². The third-order valence-electron chi connectivity index (χ3n) is 1.75. The van der Waals surface area contributed by atoms with E-state index in [-0.39, 0.29) is 0 Å². The maximum atomic E-state index is 2.33. The first-order chi connectivity index (χ1) is 3.45. The van der Waals surface area contributed by atoms with E-state index in [0.717, 1.165) is 0 Å². The molecule has 7 heavy (non-hydrogen) atoms. The second-order valence-corrected chi connectivity index (χ2v) is 2.29. The molecule has 0 heterocycles. The summed E-state index contributed by atoms with van der Waals surface area (Å²) in [6.45, 7) is 0. The summed E-state index contributed by atoms with van der Waals surface area (Å²) in [5.74, 6) is 0. The van der Waals surface area contributed by atoms with Crippen LogP contribution in [0, 0.1) is 0 Å². The van der Waals surface area contributed by atoms with Gasteiger partial charge in [0.15, 0.2) is 0 Å². The van der Waals surface area contributed by atoms with Gasteiger partial charge in [-0.3, -0.25) is 0 Å². The van der Waals surface area contributed by atoms with Gasteiger partial charge in [-0.25, -0.2) is 0 Å². The summed E-state index contributed by atoms with van der Waals surface area (Å²) in [7, 11) is 0. The molecule has 2 aliphatic carbocycles. The Hall–Kier alpha value is -0.520. The Morgan fingerprint density at radius 1 is 1.29 bits per heavy atom. The van der Waals surface area contributed by atoms with Crippen LogP contribution >= 0.6 is 0 Å². The van der Waals surface area contributed by atoms with Crippen LogP contribution in [-0.4, -0.2) is 0 Å². The molecule has 0 atom stereocenters. The molecule has 0 aromatic heterocycles. The quantitative estimate of drug-likeness (QED) is 0.429. The Balaban J connectivity index is 2.47. The van der Waals surface area contributed by atoms with E-state index in [4.69, 9.17) is 0 Å². The van der Waals surface area contributed by atoms with E-state index in [1.165, 1.54) is 19.3 Å². The minimum atomic E-state index is 1.26. The molecule has 0 amide bonds. The van der Waals surface area contributed by atoms with Crippen molar-refractivity contribution in [2.75, 3.05) is 0 Å². The molecule has 0 radical (unpaired) electrons. The molecule has 0 aromatic rings. The third kappa shape index (κ3) is 0.365. The van der Waals surface area contributed by atoms with Crippen molar-refractivity contribution in [3.63, 3.8) is 0 Å². The van der Waals surface area contributed by atoms with Crippen LogP contribution in [0.3, 0.4) is 0 Å². The van der Waals surface area contributed by atoms with Crippen LogP contribution in [0.15, 0.2) is 23.3 Å². The molecule has 2 aliphatic rings. The molecule has 0 saturated carbocycles. The van der Waals surface area contributed by atoms with Crippen molar-refractivity contribution in [3.05, 3.63) is 23.3 Å². The van der Waals surface area contributed by atoms with Crippen LogP contribution in [0.4, 0.5) is 0 Å². The number of hydrogen-bond donors (Lipinski definition) is 0. The van der Waals surface area contributed by atoms with Crippen molar-refractivity contribution in [2.24, 2.45) is 0 Å². The zero-order valence-electron chi connectivity index (χ0n) is 4.28. The summed E-state index contributed by atoms with van der Waals surface area (Å²) in [6, 6.07) is 0. The molecule has 0 aromatic carbocycles. The summed E-state index contributed by atoms with van der Waals surface area (Å²) in [5.41, 5.74) is 3.23. The summed E-state index contributed by atoms with van der Waals surface area (Å²) >= 11 is 0. The van der Waals surface area contributed by atoms with Crippen molar-refractivity contribution in [1.82, 2.24) is 0 Å². The molecule has 0 unspecified atom stereocenters. The van der Waals surface area contributed by atoms with Crippen molar-refractivity contribution in [1.29, 1.82) is 0 Å². The Morgan fingerprint density at radius 2 is 2.29 bits per heavy atom. The molecule has 2 bridgehead atoms. The lowest BCUT2D eigenvalue weighted by Crippen LogP contribution is -1.77. The Labute approximate surface area is 43.5 Å². The Morgan fingerprint density at radius 3 is 2.43 bits per heavy atom. The van der Waals surface area contributed by atoms with E-state index in [2.05, 4.69) is 12.2 Å². The number of fused-ring (bicyclic) bond motifs is 1. The van der Waals surface area contributed by atoms with Crippen LogP contribution in [0.1, 0.15) is 19.3 Å². The molecule has 0 nitrogen and oxygen atoms in total. The summed E-state index contributed by atoms with van der Waals surface area (Å²) in [6.07, 6.45) is 8.61. The van der Waals surface area contributed by atoms with Gasteiger partial charge in [-0.05, 0) is 19.3 Å². The standard InChI is InChI=1S/C7H8/c1-2-7-4-3-6(1)5-7/h1,5H,2-4H2. The van der Waals surface area contributed by atoms with Crippen LogP contribution in [0.5, 0.6) is 0 Å². The maximum absolute atomic E-state index is 2.33. The molecular weight excluding hydrogens is 84.1 g/mol. The first-order valence-electron chi connectivity index (χ1n) is 2.83. The molecule has 0 N–H and O–H groups in total. The Kier molecular flexibility index (Phi) is 0.498. The van der Waals surface area contributed by atoms with Crippen LogP contribution in [0.25, 0.3) is 0 Å². The van der Waals surface area contributed by atoms with Gasteiger partial charge >= 0.3 is 0 Å². The van der Waals surface area contributed by atoms with Crippen molar-refractivity contribution >= 4 is 0 Å².